The average molecular weight is 241 g/mol. The Hall–Kier alpha value is -1.53. The van der Waals surface area contributed by atoms with Crippen molar-refractivity contribution in [1.29, 1.82) is 0 Å². The van der Waals surface area contributed by atoms with E-state index in [1.165, 1.54) is 27.1 Å². The summed E-state index contributed by atoms with van der Waals surface area (Å²) in [5, 5.41) is 5.10. The molecule has 1 atom stereocenters. The average Bonchev–Trinajstić information content (AvgIpc) is 2.35. The monoisotopic (exact) mass is 240 g/mol. The summed E-state index contributed by atoms with van der Waals surface area (Å²) in [6.45, 7) is 2.02. The van der Waals surface area contributed by atoms with Crippen LogP contribution in [-0.4, -0.2) is 0 Å². The zero-order valence-corrected chi connectivity index (χ0v) is 10.4. The first-order valence-corrected chi connectivity index (χ1v) is 6.25. The molecule has 0 radical (unpaired) electrons. The summed E-state index contributed by atoms with van der Waals surface area (Å²) < 4.78 is 0. The molecule has 1 unspecified atom stereocenters. The third-order valence-electron chi connectivity index (χ3n) is 3.21. The van der Waals surface area contributed by atoms with Gasteiger partial charge in [0.05, 0.1) is 5.38 Å². The Kier molecular flexibility index (Phi) is 2.53. The van der Waals surface area contributed by atoms with Gasteiger partial charge in [-0.1, -0.05) is 42.5 Å². The van der Waals surface area contributed by atoms with Gasteiger partial charge in [-0.05, 0) is 46.2 Å². The first kappa shape index (κ1) is 10.6. The van der Waals surface area contributed by atoms with E-state index < -0.39 is 0 Å². The zero-order chi connectivity index (χ0) is 11.8. The maximum Gasteiger partial charge on any atom is 0.0563 e. The molecule has 0 saturated carbocycles. The van der Waals surface area contributed by atoms with Crippen LogP contribution in [0.2, 0.25) is 0 Å². The Morgan fingerprint density at radius 2 is 1.47 bits per heavy atom. The van der Waals surface area contributed by atoms with Gasteiger partial charge in [0.1, 0.15) is 0 Å². The van der Waals surface area contributed by atoms with E-state index in [1.807, 2.05) is 6.92 Å². The number of hydrogen-bond donors (Lipinski definition) is 0. The second-order valence-electron chi connectivity index (χ2n) is 4.38. The van der Waals surface area contributed by atoms with Gasteiger partial charge in [0.25, 0.3) is 0 Å². The number of alkyl halides is 1. The molecule has 0 aliphatic heterocycles. The molecule has 0 bridgehead atoms. The van der Waals surface area contributed by atoms with Crippen molar-refractivity contribution in [3.05, 3.63) is 60.2 Å². The fourth-order valence-electron chi connectivity index (χ4n) is 2.34. The van der Waals surface area contributed by atoms with E-state index in [9.17, 15) is 0 Å². The Labute approximate surface area is 106 Å². The molecular weight excluding hydrogens is 228 g/mol. The van der Waals surface area contributed by atoms with Crippen molar-refractivity contribution in [2.45, 2.75) is 12.3 Å². The van der Waals surface area contributed by atoms with E-state index in [4.69, 9.17) is 11.6 Å². The SMILES string of the molecule is CC(Cl)c1cccc2cc3ccccc3cc12. The van der Waals surface area contributed by atoms with Gasteiger partial charge in [-0.2, -0.15) is 0 Å². The van der Waals surface area contributed by atoms with Crippen LogP contribution in [0.5, 0.6) is 0 Å². The summed E-state index contributed by atoms with van der Waals surface area (Å²) in [6.07, 6.45) is 0. The van der Waals surface area contributed by atoms with Crippen molar-refractivity contribution in [2.75, 3.05) is 0 Å². The minimum atomic E-state index is 0.0415. The van der Waals surface area contributed by atoms with Gasteiger partial charge in [0.2, 0.25) is 0 Å². The normalized spacial score (nSPS) is 13.1. The molecule has 0 amide bonds. The summed E-state index contributed by atoms with van der Waals surface area (Å²) >= 11 is 6.23. The molecule has 0 fully saturated rings. The lowest BCUT2D eigenvalue weighted by molar-refractivity contribution is 1.10. The molecule has 0 N–H and O–H groups in total. The van der Waals surface area contributed by atoms with Crippen LogP contribution in [0.4, 0.5) is 0 Å². The first-order chi connectivity index (χ1) is 8.25. The molecule has 1 heteroatoms. The van der Waals surface area contributed by atoms with Crippen LogP contribution in [0.3, 0.4) is 0 Å². The van der Waals surface area contributed by atoms with E-state index in [2.05, 4.69) is 54.6 Å². The van der Waals surface area contributed by atoms with Gasteiger partial charge in [-0.25, -0.2) is 0 Å². The predicted molar refractivity (Wildman–Crippen MR) is 75.7 cm³/mol. The molecule has 0 nitrogen and oxygen atoms in total. The summed E-state index contributed by atoms with van der Waals surface area (Å²) in [5.41, 5.74) is 1.20. The number of benzene rings is 3. The molecule has 84 valence electrons. The highest BCUT2D eigenvalue weighted by molar-refractivity contribution is 6.21. The van der Waals surface area contributed by atoms with Crippen LogP contribution in [0.25, 0.3) is 21.5 Å². The highest BCUT2D eigenvalue weighted by Gasteiger charge is 2.06. The third kappa shape index (κ3) is 1.79. The van der Waals surface area contributed by atoms with Crippen molar-refractivity contribution in [3.63, 3.8) is 0 Å². The molecule has 0 aromatic heterocycles. The van der Waals surface area contributed by atoms with Gasteiger partial charge < -0.3 is 0 Å². The highest BCUT2D eigenvalue weighted by atomic mass is 35.5. The predicted octanol–water partition coefficient (Wildman–Crippen LogP) is 5.29. The highest BCUT2D eigenvalue weighted by Crippen LogP contribution is 2.30. The maximum atomic E-state index is 6.23. The number of hydrogen-bond acceptors (Lipinski definition) is 0. The molecule has 0 spiro atoms. The summed E-state index contributed by atoms with van der Waals surface area (Å²) in [5.74, 6) is 0. The summed E-state index contributed by atoms with van der Waals surface area (Å²) in [7, 11) is 0. The Morgan fingerprint density at radius 1 is 0.824 bits per heavy atom. The van der Waals surface area contributed by atoms with Gasteiger partial charge in [0.15, 0.2) is 0 Å². The lowest BCUT2D eigenvalue weighted by Gasteiger charge is -2.09. The number of fused-ring (bicyclic) bond motifs is 2. The van der Waals surface area contributed by atoms with Crippen LogP contribution in [0, 0.1) is 0 Å². The zero-order valence-electron chi connectivity index (χ0n) is 9.65. The molecule has 17 heavy (non-hydrogen) atoms. The molecule has 3 aromatic carbocycles. The van der Waals surface area contributed by atoms with Crippen LogP contribution in [0.1, 0.15) is 17.9 Å². The molecule has 3 rings (SSSR count). The van der Waals surface area contributed by atoms with Crippen LogP contribution < -0.4 is 0 Å². The van der Waals surface area contributed by atoms with Gasteiger partial charge >= 0.3 is 0 Å². The second kappa shape index (κ2) is 4.05. The van der Waals surface area contributed by atoms with Crippen LogP contribution >= 0.6 is 11.6 Å². The topological polar surface area (TPSA) is 0 Å². The molecule has 0 saturated heterocycles. The molecule has 3 aromatic rings. The largest absolute Gasteiger partial charge is 0.118 e. The van der Waals surface area contributed by atoms with Crippen LogP contribution in [0.15, 0.2) is 54.6 Å². The lowest BCUT2D eigenvalue weighted by atomic mass is 9.98. The Balaban J connectivity index is 2.43. The molecule has 0 heterocycles. The standard InChI is InChI=1S/C16H13Cl/c1-11(17)15-8-4-7-14-9-12-5-2-3-6-13(12)10-16(14)15/h2-11H,1H3. The molecular formula is C16H13Cl. The van der Waals surface area contributed by atoms with E-state index in [1.54, 1.807) is 0 Å². The molecule has 0 aliphatic rings. The maximum absolute atomic E-state index is 6.23. The van der Waals surface area contributed by atoms with Gasteiger partial charge in [-0.15, -0.1) is 11.6 Å². The second-order valence-corrected chi connectivity index (χ2v) is 5.04. The van der Waals surface area contributed by atoms with Crippen molar-refractivity contribution < 1.29 is 0 Å². The molecule has 0 aliphatic carbocycles. The first-order valence-electron chi connectivity index (χ1n) is 5.81. The fourth-order valence-corrected chi connectivity index (χ4v) is 2.53. The van der Waals surface area contributed by atoms with Crippen molar-refractivity contribution in [3.8, 4) is 0 Å². The summed E-state index contributed by atoms with van der Waals surface area (Å²) in [4.78, 5) is 0. The van der Waals surface area contributed by atoms with E-state index in [0.29, 0.717) is 0 Å². The number of halogens is 1. The minimum absolute atomic E-state index is 0.0415. The van der Waals surface area contributed by atoms with Crippen LogP contribution in [-0.2, 0) is 0 Å². The third-order valence-corrected chi connectivity index (χ3v) is 3.44. The van der Waals surface area contributed by atoms with E-state index in [-0.39, 0.29) is 5.38 Å². The fraction of sp³-hybridized carbons (Fsp3) is 0.125. The quantitative estimate of drug-likeness (QED) is 0.400. The van der Waals surface area contributed by atoms with Gasteiger partial charge in [-0.3, -0.25) is 0 Å². The summed E-state index contributed by atoms with van der Waals surface area (Å²) in [6, 6.07) is 19.2. The van der Waals surface area contributed by atoms with E-state index >= 15 is 0 Å². The minimum Gasteiger partial charge on any atom is -0.118 e. The Morgan fingerprint density at radius 3 is 2.18 bits per heavy atom. The van der Waals surface area contributed by atoms with Gasteiger partial charge in [0, 0.05) is 0 Å². The van der Waals surface area contributed by atoms with E-state index in [0.717, 1.165) is 0 Å². The lowest BCUT2D eigenvalue weighted by Crippen LogP contribution is -1.87. The van der Waals surface area contributed by atoms with Crippen molar-refractivity contribution in [1.82, 2.24) is 0 Å². The van der Waals surface area contributed by atoms with Crippen molar-refractivity contribution in [2.24, 2.45) is 0 Å². The van der Waals surface area contributed by atoms with Crippen molar-refractivity contribution >= 4 is 33.1 Å². The Bertz CT molecular complexity index is 683. The number of rotatable bonds is 1. The smallest absolute Gasteiger partial charge is 0.0563 e.